The highest BCUT2D eigenvalue weighted by atomic mass is 15.1. The Balaban J connectivity index is 1.83. The lowest BCUT2D eigenvalue weighted by Gasteiger charge is -2.22. The Morgan fingerprint density at radius 2 is 1.62 bits per heavy atom. The number of benzene rings is 1. The number of fused-ring (bicyclic) bond motifs is 1. The highest BCUT2D eigenvalue weighted by Crippen LogP contribution is 2.12. The van der Waals surface area contributed by atoms with Crippen molar-refractivity contribution < 1.29 is 0 Å². The molecule has 2 rings (SSSR count). The fourth-order valence-electron chi connectivity index (χ4n) is 2.75. The van der Waals surface area contributed by atoms with Crippen LogP contribution in [0.2, 0.25) is 0 Å². The number of imidazole rings is 1. The predicted octanol–water partition coefficient (Wildman–Crippen LogP) is 4.33. The van der Waals surface area contributed by atoms with Crippen molar-refractivity contribution in [2.75, 3.05) is 19.6 Å². The zero-order valence-corrected chi connectivity index (χ0v) is 13.6. The first-order valence-electron chi connectivity index (χ1n) is 8.47. The van der Waals surface area contributed by atoms with E-state index in [9.17, 15) is 0 Å². The normalized spacial score (nSPS) is 11.6. The molecule has 0 aliphatic carbocycles. The number of nitrogens with zero attached hydrogens (tertiary/aromatic N) is 3. The second kappa shape index (κ2) is 8.83. The molecule has 0 N–H and O–H groups in total. The van der Waals surface area contributed by atoms with Crippen molar-refractivity contribution >= 4 is 11.0 Å². The van der Waals surface area contributed by atoms with Crippen LogP contribution in [0.15, 0.2) is 30.6 Å². The predicted molar refractivity (Wildman–Crippen MR) is 90.6 cm³/mol. The topological polar surface area (TPSA) is 21.1 Å². The van der Waals surface area contributed by atoms with E-state index < -0.39 is 0 Å². The van der Waals surface area contributed by atoms with Crippen molar-refractivity contribution in [3.8, 4) is 0 Å². The number of unbranched alkanes of at least 4 members (excludes halogenated alkanes) is 2. The average Bonchev–Trinajstić information content (AvgIpc) is 2.93. The van der Waals surface area contributed by atoms with Crippen molar-refractivity contribution in [1.29, 1.82) is 0 Å². The summed E-state index contributed by atoms with van der Waals surface area (Å²) in [5.74, 6) is 0. The molecule has 3 heteroatoms. The quantitative estimate of drug-likeness (QED) is 0.648. The first-order chi connectivity index (χ1) is 10.3. The summed E-state index contributed by atoms with van der Waals surface area (Å²) in [7, 11) is 0. The maximum atomic E-state index is 4.46. The van der Waals surface area contributed by atoms with E-state index in [1.165, 1.54) is 57.3 Å². The van der Waals surface area contributed by atoms with Crippen LogP contribution in [0, 0.1) is 0 Å². The molecule has 3 nitrogen and oxygen atoms in total. The molecule has 0 aliphatic rings. The largest absolute Gasteiger partial charge is 0.331 e. The van der Waals surface area contributed by atoms with Gasteiger partial charge in [-0.3, -0.25) is 0 Å². The van der Waals surface area contributed by atoms with Gasteiger partial charge in [-0.15, -0.1) is 0 Å². The molecule has 1 heterocycles. The first-order valence-corrected chi connectivity index (χ1v) is 8.47. The molecule has 0 bridgehead atoms. The summed E-state index contributed by atoms with van der Waals surface area (Å²) in [6.07, 6.45) is 8.39. The van der Waals surface area contributed by atoms with Gasteiger partial charge in [-0.2, -0.15) is 0 Å². The van der Waals surface area contributed by atoms with Gasteiger partial charge in [0.1, 0.15) is 0 Å². The van der Waals surface area contributed by atoms with E-state index in [0.717, 1.165) is 12.1 Å². The highest BCUT2D eigenvalue weighted by molar-refractivity contribution is 5.74. The summed E-state index contributed by atoms with van der Waals surface area (Å²) < 4.78 is 2.28. The first kappa shape index (κ1) is 16.0. The van der Waals surface area contributed by atoms with Gasteiger partial charge in [0.25, 0.3) is 0 Å². The zero-order chi connectivity index (χ0) is 14.9. The van der Waals surface area contributed by atoms with Crippen LogP contribution in [0.1, 0.15) is 46.0 Å². The minimum Gasteiger partial charge on any atom is -0.331 e. The van der Waals surface area contributed by atoms with Crippen LogP contribution in [0.5, 0.6) is 0 Å². The van der Waals surface area contributed by atoms with Crippen molar-refractivity contribution in [3.05, 3.63) is 30.6 Å². The molecule has 2 aromatic rings. The maximum absolute atomic E-state index is 4.46. The molecule has 0 aliphatic heterocycles. The monoisotopic (exact) mass is 287 g/mol. The van der Waals surface area contributed by atoms with E-state index in [-0.39, 0.29) is 0 Å². The summed E-state index contributed by atoms with van der Waals surface area (Å²) in [4.78, 5) is 7.10. The number of rotatable bonds is 10. The molecule has 0 unspecified atom stereocenters. The molecule has 21 heavy (non-hydrogen) atoms. The van der Waals surface area contributed by atoms with Crippen LogP contribution in [0.25, 0.3) is 11.0 Å². The molecule has 0 spiro atoms. The lowest BCUT2D eigenvalue weighted by Crippen LogP contribution is -2.27. The maximum Gasteiger partial charge on any atom is 0.0958 e. The third-order valence-electron chi connectivity index (χ3n) is 4.06. The molecule has 0 fully saturated rings. The number of para-hydroxylation sites is 2. The van der Waals surface area contributed by atoms with E-state index in [4.69, 9.17) is 0 Å². The third-order valence-corrected chi connectivity index (χ3v) is 4.06. The third kappa shape index (κ3) is 4.85. The second-order valence-electron chi connectivity index (χ2n) is 5.83. The molecular formula is C18H29N3. The Labute approximate surface area is 129 Å². The summed E-state index contributed by atoms with van der Waals surface area (Å²) in [6.45, 7) is 9.31. The molecule has 0 radical (unpaired) electrons. The van der Waals surface area contributed by atoms with Crippen molar-refractivity contribution in [2.45, 2.75) is 52.5 Å². The summed E-state index contributed by atoms with van der Waals surface area (Å²) in [5.41, 5.74) is 2.36. The van der Waals surface area contributed by atoms with Gasteiger partial charge in [-0.1, -0.05) is 38.8 Å². The molecule has 1 aromatic heterocycles. The molecule has 116 valence electrons. The Kier molecular flexibility index (Phi) is 6.74. The molecule has 0 saturated carbocycles. The Morgan fingerprint density at radius 3 is 2.33 bits per heavy atom. The fraction of sp³-hybridized carbons (Fsp3) is 0.611. The van der Waals surface area contributed by atoms with Crippen molar-refractivity contribution in [1.82, 2.24) is 14.5 Å². The lowest BCUT2D eigenvalue weighted by molar-refractivity contribution is 0.257. The van der Waals surface area contributed by atoms with E-state index in [1.807, 2.05) is 6.33 Å². The summed E-state index contributed by atoms with van der Waals surface area (Å²) >= 11 is 0. The molecule has 1 aromatic carbocycles. The van der Waals surface area contributed by atoms with Gasteiger partial charge in [-0.05, 0) is 51.0 Å². The Bertz CT molecular complexity index is 510. The second-order valence-corrected chi connectivity index (χ2v) is 5.83. The van der Waals surface area contributed by atoms with Crippen LogP contribution >= 0.6 is 0 Å². The Morgan fingerprint density at radius 1 is 0.952 bits per heavy atom. The van der Waals surface area contributed by atoms with Crippen LogP contribution in [0.4, 0.5) is 0 Å². The summed E-state index contributed by atoms with van der Waals surface area (Å²) in [5, 5.41) is 0. The Hall–Kier alpha value is -1.35. The average molecular weight is 287 g/mol. The van der Waals surface area contributed by atoms with Crippen LogP contribution < -0.4 is 0 Å². The van der Waals surface area contributed by atoms with Gasteiger partial charge in [0.15, 0.2) is 0 Å². The fourth-order valence-corrected chi connectivity index (χ4v) is 2.75. The number of hydrogen-bond donors (Lipinski definition) is 0. The van der Waals surface area contributed by atoms with E-state index >= 15 is 0 Å². The van der Waals surface area contributed by atoms with Crippen LogP contribution in [-0.2, 0) is 6.54 Å². The SMILES string of the molecule is CCCCN(CCCC)CCCn1cnc2ccccc21. The van der Waals surface area contributed by atoms with Gasteiger partial charge in [-0.25, -0.2) is 4.98 Å². The van der Waals surface area contributed by atoms with Gasteiger partial charge in [0.05, 0.1) is 17.4 Å². The van der Waals surface area contributed by atoms with Crippen LogP contribution in [0.3, 0.4) is 0 Å². The number of aromatic nitrogens is 2. The van der Waals surface area contributed by atoms with E-state index in [2.05, 4.69) is 52.6 Å². The minimum atomic E-state index is 1.06. The lowest BCUT2D eigenvalue weighted by atomic mass is 10.2. The number of hydrogen-bond acceptors (Lipinski definition) is 2. The number of aryl methyl sites for hydroxylation is 1. The molecule has 0 saturated heterocycles. The van der Waals surface area contributed by atoms with Gasteiger partial charge >= 0.3 is 0 Å². The minimum absolute atomic E-state index is 1.06. The van der Waals surface area contributed by atoms with E-state index in [0.29, 0.717) is 0 Å². The van der Waals surface area contributed by atoms with Crippen molar-refractivity contribution in [3.63, 3.8) is 0 Å². The standard InChI is InChI=1S/C18H29N3/c1-3-5-12-20(13-6-4-2)14-9-15-21-16-19-17-10-7-8-11-18(17)21/h7-8,10-11,16H,3-6,9,12-15H2,1-2H3. The van der Waals surface area contributed by atoms with Gasteiger partial charge in [0.2, 0.25) is 0 Å². The molecule has 0 atom stereocenters. The molecule has 0 amide bonds. The summed E-state index contributed by atoms with van der Waals surface area (Å²) in [6, 6.07) is 8.39. The van der Waals surface area contributed by atoms with Gasteiger partial charge < -0.3 is 9.47 Å². The van der Waals surface area contributed by atoms with Crippen LogP contribution in [-0.4, -0.2) is 34.1 Å². The highest BCUT2D eigenvalue weighted by Gasteiger charge is 2.05. The smallest absolute Gasteiger partial charge is 0.0958 e. The van der Waals surface area contributed by atoms with Crippen molar-refractivity contribution in [2.24, 2.45) is 0 Å². The molecular weight excluding hydrogens is 258 g/mol. The van der Waals surface area contributed by atoms with Gasteiger partial charge in [0, 0.05) is 6.54 Å². The van der Waals surface area contributed by atoms with E-state index in [1.54, 1.807) is 0 Å². The zero-order valence-electron chi connectivity index (χ0n) is 13.6.